The van der Waals surface area contributed by atoms with Gasteiger partial charge in [-0.3, -0.25) is 0 Å². The normalized spacial score (nSPS) is 25.6. The molecule has 88 valence electrons. The smallest absolute Gasteiger partial charge is 0.0474 e. The highest BCUT2D eigenvalue weighted by atomic mass is 16.3. The molecule has 2 atom stereocenters. The first-order valence-electron chi connectivity index (χ1n) is 6.28. The lowest BCUT2D eigenvalue weighted by atomic mass is 9.85. The second-order valence-corrected chi connectivity index (χ2v) is 4.70. The standard InChI is InChI=1S/C14H21NO/c16-11-13-8-4-5-9-14(13)15-10-12-6-2-1-3-7-12/h1-3,6-7,13-16H,4-5,8-11H2/t13?,14-/m1/s1. The number of hydrogen-bond acceptors (Lipinski definition) is 2. The average molecular weight is 219 g/mol. The van der Waals surface area contributed by atoms with E-state index in [9.17, 15) is 5.11 Å². The van der Waals surface area contributed by atoms with E-state index in [2.05, 4.69) is 29.6 Å². The Morgan fingerprint density at radius 1 is 1.12 bits per heavy atom. The molecule has 1 aromatic rings. The van der Waals surface area contributed by atoms with Crippen LogP contribution in [-0.2, 0) is 6.54 Å². The first-order valence-corrected chi connectivity index (χ1v) is 6.28. The van der Waals surface area contributed by atoms with Crippen LogP contribution in [-0.4, -0.2) is 17.8 Å². The predicted molar refractivity (Wildman–Crippen MR) is 66.1 cm³/mol. The zero-order valence-electron chi connectivity index (χ0n) is 9.73. The SMILES string of the molecule is OCC1CCCC[C@H]1NCc1ccccc1. The Bertz CT molecular complexity index is 299. The Labute approximate surface area is 97.7 Å². The van der Waals surface area contributed by atoms with E-state index in [4.69, 9.17) is 0 Å². The van der Waals surface area contributed by atoms with E-state index in [1.807, 2.05) is 6.07 Å². The summed E-state index contributed by atoms with van der Waals surface area (Å²) in [6.45, 7) is 1.24. The van der Waals surface area contributed by atoms with Gasteiger partial charge in [-0.2, -0.15) is 0 Å². The summed E-state index contributed by atoms with van der Waals surface area (Å²) in [7, 11) is 0. The van der Waals surface area contributed by atoms with E-state index in [1.165, 1.54) is 31.2 Å². The molecule has 2 N–H and O–H groups in total. The molecule has 16 heavy (non-hydrogen) atoms. The lowest BCUT2D eigenvalue weighted by molar-refractivity contribution is 0.152. The van der Waals surface area contributed by atoms with E-state index in [1.54, 1.807) is 0 Å². The van der Waals surface area contributed by atoms with Crippen LogP contribution in [0.15, 0.2) is 30.3 Å². The Hall–Kier alpha value is -0.860. The van der Waals surface area contributed by atoms with Crippen molar-refractivity contribution in [1.82, 2.24) is 5.32 Å². The van der Waals surface area contributed by atoms with Crippen LogP contribution in [0.5, 0.6) is 0 Å². The van der Waals surface area contributed by atoms with Crippen molar-refractivity contribution < 1.29 is 5.11 Å². The topological polar surface area (TPSA) is 32.3 Å². The van der Waals surface area contributed by atoms with Gasteiger partial charge in [-0.15, -0.1) is 0 Å². The summed E-state index contributed by atoms with van der Waals surface area (Å²) in [6.07, 6.45) is 4.94. The highest BCUT2D eigenvalue weighted by Crippen LogP contribution is 2.24. The van der Waals surface area contributed by atoms with Crippen LogP contribution in [0.2, 0.25) is 0 Å². The molecule has 0 saturated heterocycles. The zero-order valence-corrected chi connectivity index (χ0v) is 9.73. The third-order valence-electron chi connectivity index (χ3n) is 3.55. The molecule has 0 aliphatic heterocycles. The summed E-state index contributed by atoms with van der Waals surface area (Å²) < 4.78 is 0. The monoisotopic (exact) mass is 219 g/mol. The van der Waals surface area contributed by atoms with Crippen molar-refractivity contribution >= 4 is 0 Å². The molecule has 2 nitrogen and oxygen atoms in total. The minimum Gasteiger partial charge on any atom is -0.396 e. The number of aliphatic hydroxyl groups is 1. The van der Waals surface area contributed by atoms with Gasteiger partial charge >= 0.3 is 0 Å². The number of aliphatic hydroxyl groups excluding tert-OH is 1. The number of hydrogen-bond donors (Lipinski definition) is 2. The summed E-state index contributed by atoms with van der Waals surface area (Å²) in [5, 5.41) is 12.9. The third kappa shape index (κ3) is 3.06. The van der Waals surface area contributed by atoms with Crippen molar-refractivity contribution in [3.63, 3.8) is 0 Å². The Morgan fingerprint density at radius 3 is 2.62 bits per heavy atom. The molecule has 2 heteroatoms. The molecule has 1 saturated carbocycles. The first kappa shape index (κ1) is 11.6. The van der Waals surface area contributed by atoms with Gasteiger partial charge in [0, 0.05) is 19.2 Å². The van der Waals surface area contributed by atoms with Crippen LogP contribution in [0.4, 0.5) is 0 Å². The van der Waals surface area contributed by atoms with Crippen LogP contribution in [0.25, 0.3) is 0 Å². The maximum Gasteiger partial charge on any atom is 0.0474 e. The second-order valence-electron chi connectivity index (χ2n) is 4.70. The van der Waals surface area contributed by atoms with Crippen LogP contribution in [0, 0.1) is 5.92 Å². The molecule has 0 aromatic heterocycles. The third-order valence-corrected chi connectivity index (χ3v) is 3.55. The molecular weight excluding hydrogens is 198 g/mol. The van der Waals surface area contributed by atoms with Crippen LogP contribution in [0.1, 0.15) is 31.2 Å². The summed E-state index contributed by atoms with van der Waals surface area (Å²) in [5.41, 5.74) is 1.32. The van der Waals surface area contributed by atoms with Gasteiger partial charge in [-0.25, -0.2) is 0 Å². The van der Waals surface area contributed by atoms with Crippen LogP contribution >= 0.6 is 0 Å². The summed E-state index contributed by atoms with van der Waals surface area (Å²) in [5.74, 6) is 0.456. The molecule has 0 bridgehead atoms. The van der Waals surface area contributed by atoms with E-state index in [0.717, 1.165) is 6.54 Å². The Kier molecular flexibility index (Phi) is 4.37. The summed E-state index contributed by atoms with van der Waals surface area (Å²) >= 11 is 0. The highest BCUT2D eigenvalue weighted by Gasteiger charge is 2.23. The number of rotatable bonds is 4. The summed E-state index contributed by atoms with van der Waals surface area (Å²) in [6, 6.07) is 11.0. The molecule has 1 unspecified atom stereocenters. The lowest BCUT2D eigenvalue weighted by Gasteiger charge is -2.31. The number of benzene rings is 1. The van der Waals surface area contributed by atoms with Crippen LogP contribution in [0.3, 0.4) is 0 Å². The molecule has 1 aliphatic rings. The molecule has 1 fully saturated rings. The maximum absolute atomic E-state index is 9.32. The quantitative estimate of drug-likeness (QED) is 0.814. The van der Waals surface area contributed by atoms with E-state index in [-0.39, 0.29) is 0 Å². The Morgan fingerprint density at radius 2 is 1.88 bits per heavy atom. The molecule has 0 spiro atoms. The minimum absolute atomic E-state index is 0.326. The van der Waals surface area contributed by atoms with Crippen LogP contribution < -0.4 is 5.32 Å². The zero-order chi connectivity index (χ0) is 11.2. The molecule has 0 heterocycles. The lowest BCUT2D eigenvalue weighted by Crippen LogP contribution is -2.39. The molecule has 0 radical (unpaired) electrons. The predicted octanol–water partition coefficient (Wildman–Crippen LogP) is 2.33. The van der Waals surface area contributed by atoms with E-state index in [0.29, 0.717) is 18.6 Å². The van der Waals surface area contributed by atoms with Crippen molar-refractivity contribution in [3.05, 3.63) is 35.9 Å². The fourth-order valence-electron chi connectivity index (χ4n) is 2.54. The Balaban J connectivity index is 1.84. The van der Waals surface area contributed by atoms with Gasteiger partial charge in [-0.1, -0.05) is 43.2 Å². The van der Waals surface area contributed by atoms with Crippen molar-refractivity contribution in [2.24, 2.45) is 5.92 Å². The van der Waals surface area contributed by atoms with Gasteiger partial charge in [0.25, 0.3) is 0 Å². The number of nitrogens with one attached hydrogen (secondary N) is 1. The van der Waals surface area contributed by atoms with Gasteiger partial charge in [0.15, 0.2) is 0 Å². The van der Waals surface area contributed by atoms with Crippen molar-refractivity contribution in [3.8, 4) is 0 Å². The first-order chi connectivity index (χ1) is 7.90. The van der Waals surface area contributed by atoms with Gasteiger partial charge in [-0.05, 0) is 24.3 Å². The minimum atomic E-state index is 0.326. The molecular formula is C14H21NO. The van der Waals surface area contributed by atoms with E-state index < -0.39 is 0 Å². The van der Waals surface area contributed by atoms with Crippen molar-refractivity contribution in [2.75, 3.05) is 6.61 Å². The highest BCUT2D eigenvalue weighted by molar-refractivity contribution is 5.14. The van der Waals surface area contributed by atoms with Crippen molar-refractivity contribution in [2.45, 2.75) is 38.3 Å². The van der Waals surface area contributed by atoms with Gasteiger partial charge in [0.2, 0.25) is 0 Å². The second kappa shape index (κ2) is 6.02. The largest absolute Gasteiger partial charge is 0.396 e. The summed E-state index contributed by atoms with van der Waals surface area (Å²) in [4.78, 5) is 0. The van der Waals surface area contributed by atoms with Crippen molar-refractivity contribution in [1.29, 1.82) is 0 Å². The fourth-order valence-corrected chi connectivity index (χ4v) is 2.54. The molecule has 0 amide bonds. The van der Waals surface area contributed by atoms with Gasteiger partial charge in [0.1, 0.15) is 0 Å². The fraction of sp³-hybridized carbons (Fsp3) is 0.571. The molecule has 1 aromatic carbocycles. The van der Waals surface area contributed by atoms with Gasteiger partial charge < -0.3 is 10.4 Å². The molecule has 1 aliphatic carbocycles. The average Bonchev–Trinajstić information content (AvgIpc) is 2.38. The maximum atomic E-state index is 9.32. The van der Waals surface area contributed by atoms with E-state index >= 15 is 0 Å². The van der Waals surface area contributed by atoms with Gasteiger partial charge in [0.05, 0.1) is 0 Å². The molecule has 2 rings (SSSR count).